The van der Waals surface area contributed by atoms with E-state index >= 15 is 0 Å². The first kappa shape index (κ1) is 17.3. The third-order valence-corrected chi connectivity index (χ3v) is 3.35. The highest BCUT2D eigenvalue weighted by atomic mass is 16.5. The molecule has 2 aromatic carbocycles. The topological polar surface area (TPSA) is 105 Å². The van der Waals surface area contributed by atoms with Crippen molar-refractivity contribution in [3.63, 3.8) is 0 Å². The smallest absolute Gasteiger partial charge is 0.342 e. The third-order valence-electron chi connectivity index (χ3n) is 3.35. The zero-order valence-corrected chi connectivity index (χ0v) is 13.3. The monoisotopic (exact) mass is 330 g/mol. The standard InChI is InChI=1S/C17H18N2O5/c1-3-18-17(23)19-15(21)10(2)24-16(22)13-9-8-11-6-4-5-7-12(11)14(13)20/h4-10,20H,3H2,1-2H3,(H2,18,19,21,23)/t10-/m0/s1. The summed E-state index contributed by atoms with van der Waals surface area (Å²) < 4.78 is 5.02. The van der Waals surface area contributed by atoms with Crippen LogP contribution in [0.4, 0.5) is 4.79 Å². The summed E-state index contributed by atoms with van der Waals surface area (Å²) in [5, 5.41) is 15.9. The predicted molar refractivity (Wildman–Crippen MR) is 87.7 cm³/mol. The summed E-state index contributed by atoms with van der Waals surface area (Å²) in [5.74, 6) is -1.82. The summed E-state index contributed by atoms with van der Waals surface area (Å²) >= 11 is 0. The van der Waals surface area contributed by atoms with E-state index in [2.05, 4.69) is 10.6 Å². The van der Waals surface area contributed by atoms with E-state index < -0.39 is 24.0 Å². The minimum Gasteiger partial charge on any atom is -0.506 e. The lowest BCUT2D eigenvalue weighted by Crippen LogP contribution is -2.44. The van der Waals surface area contributed by atoms with Gasteiger partial charge in [0.25, 0.3) is 5.91 Å². The first-order chi connectivity index (χ1) is 11.4. The molecule has 2 rings (SSSR count). The maximum atomic E-state index is 12.2. The zero-order valence-electron chi connectivity index (χ0n) is 13.3. The van der Waals surface area contributed by atoms with Gasteiger partial charge < -0.3 is 15.2 Å². The van der Waals surface area contributed by atoms with E-state index in [0.717, 1.165) is 5.39 Å². The Kier molecular flexibility index (Phi) is 5.36. The molecule has 0 spiro atoms. The van der Waals surface area contributed by atoms with E-state index in [0.29, 0.717) is 11.9 Å². The van der Waals surface area contributed by atoms with Crippen LogP contribution in [0.3, 0.4) is 0 Å². The number of esters is 1. The number of benzene rings is 2. The molecule has 0 radical (unpaired) electrons. The van der Waals surface area contributed by atoms with Crippen LogP contribution in [0.5, 0.6) is 5.75 Å². The third kappa shape index (κ3) is 3.81. The van der Waals surface area contributed by atoms with Gasteiger partial charge in [-0.2, -0.15) is 0 Å². The summed E-state index contributed by atoms with van der Waals surface area (Å²) in [6.07, 6.45) is -1.19. The normalized spacial score (nSPS) is 11.6. The summed E-state index contributed by atoms with van der Waals surface area (Å²) in [4.78, 5) is 35.2. The Morgan fingerprint density at radius 2 is 1.88 bits per heavy atom. The van der Waals surface area contributed by atoms with E-state index in [1.807, 2.05) is 6.07 Å². The second kappa shape index (κ2) is 7.45. The van der Waals surface area contributed by atoms with Crippen LogP contribution >= 0.6 is 0 Å². The van der Waals surface area contributed by atoms with Crippen LogP contribution in [-0.4, -0.2) is 35.7 Å². The number of phenols is 1. The lowest BCUT2D eigenvalue weighted by molar-refractivity contribution is -0.127. The van der Waals surface area contributed by atoms with Crippen LogP contribution in [0.25, 0.3) is 10.8 Å². The molecule has 0 aliphatic heterocycles. The highest BCUT2D eigenvalue weighted by Gasteiger charge is 2.22. The number of imide groups is 1. The number of amides is 3. The lowest BCUT2D eigenvalue weighted by atomic mass is 10.1. The molecule has 1 atom stereocenters. The minimum absolute atomic E-state index is 0.0497. The minimum atomic E-state index is -1.19. The number of ether oxygens (including phenoxy) is 1. The fraction of sp³-hybridized carbons (Fsp3) is 0.235. The molecule has 0 bridgehead atoms. The highest BCUT2D eigenvalue weighted by Crippen LogP contribution is 2.29. The van der Waals surface area contributed by atoms with Crippen molar-refractivity contribution in [3.8, 4) is 5.75 Å². The van der Waals surface area contributed by atoms with E-state index in [1.165, 1.54) is 13.0 Å². The number of hydrogen-bond donors (Lipinski definition) is 3. The molecular formula is C17H18N2O5. The molecular weight excluding hydrogens is 312 g/mol. The first-order valence-corrected chi connectivity index (χ1v) is 7.44. The molecule has 2 aromatic rings. The van der Waals surface area contributed by atoms with Crippen LogP contribution in [-0.2, 0) is 9.53 Å². The van der Waals surface area contributed by atoms with Gasteiger partial charge in [-0.25, -0.2) is 9.59 Å². The summed E-state index contributed by atoms with van der Waals surface area (Å²) in [6.45, 7) is 3.40. The van der Waals surface area contributed by atoms with Gasteiger partial charge in [-0.05, 0) is 25.3 Å². The van der Waals surface area contributed by atoms with E-state index in [1.54, 1.807) is 31.2 Å². The van der Waals surface area contributed by atoms with Crippen molar-refractivity contribution in [2.75, 3.05) is 6.54 Å². The average Bonchev–Trinajstić information content (AvgIpc) is 2.55. The number of carbonyl (C=O) groups is 3. The van der Waals surface area contributed by atoms with E-state index in [4.69, 9.17) is 4.74 Å². The highest BCUT2D eigenvalue weighted by molar-refractivity contribution is 6.02. The van der Waals surface area contributed by atoms with Crippen LogP contribution in [0.15, 0.2) is 36.4 Å². The van der Waals surface area contributed by atoms with Crippen molar-refractivity contribution in [3.05, 3.63) is 42.0 Å². The van der Waals surface area contributed by atoms with Gasteiger partial charge in [-0.1, -0.05) is 30.3 Å². The van der Waals surface area contributed by atoms with Crippen molar-refractivity contribution in [2.24, 2.45) is 0 Å². The van der Waals surface area contributed by atoms with Crippen molar-refractivity contribution >= 4 is 28.7 Å². The Hall–Kier alpha value is -3.09. The molecule has 0 unspecified atom stereocenters. The average molecular weight is 330 g/mol. The Bertz CT molecular complexity index is 788. The van der Waals surface area contributed by atoms with Crippen LogP contribution in [0.1, 0.15) is 24.2 Å². The van der Waals surface area contributed by atoms with Gasteiger partial charge >= 0.3 is 12.0 Å². The van der Waals surface area contributed by atoms with Gasteiger partial charge in [-0.15, -0.1) is 0 Å². The Labute approximate surface area is 138 Å². The van der Waals surface area contributed by atoms with Gasteiger partial charge in [0.15, 0.2) is 6.10 Å². The van der Waals surface area contributed by atoms with E-state index in [-0.39, 0.29) is 11.3 Å². The molecule has 3 N–H and O–H groups in total. The number of urea groups is 1. The first-order valence-electron chi connectivity index (χ1n) is 7.44. The van der Waals surface area contributed by atoms with Gasteiger partial charge in [-0.3, -0.25) is 10.1 Å². The maximum Gasteiger partial charge on any atom is 0.342 e. The van der Waals surface area contributed by atoms with Crippen LogP contribution in [0, 0.1) is 0 Å². The molecule has 24 heavy (non-hydrogen) atoms. The number of nitrogens with one attached hydrogen (secondary N) is 2. The molecule has 3 amide bonds. The number of carbonyl (C=O) groups excluding carboxylic acids is 3. The largest absolute Gasteiger partial charge is 0.506 e. The molecule has 7 nitrogen and oxygen atoms in total. The number of rotatable bonds is 4. The summed E-state index contributed by atoms with van der Waals surface area (Å²) in [5.41, 5.74) is -0.0497. The van der Waals surface area contributed by atoms with Crippen molar-refractivity contribution in [2.45, 2.75) is 20.0 Å². The van der Waals surface area contributed by atoms with Gasteiger partial charge in [0, 0.05) is 11.9 Å². The second-order valence-electron chi connectivity index (χ2n) is 5.08. The van der Waals surface area contributed by atoms with Crippen LogP contribution < -0.4 is 10.6 Å². The quantitative estimate of drug-likeness (QED) is 0.743. The number of fused-ring (bicyclic) bond motifs is 1. The lowest BCUT2D eigenvalue weighted by Gasteiger charge is -2.14. The number of phenolic OH excluding ortho intramolecular Hbond substituents is 1. The fourth-order valence-electron chi connectivity index (χ4n) is 2.12. The molecule has 0 saturated heterocycles. The summed E-state index contributed by atoms with van der Waals surface area (Å²) in [6, 6.07) is 9.45. The molecule has 0 aromatic heterocycles. The summed E-state index contributed by atoms with van der Waals surface area (Å²) in [7, 11) is 0. The Morgan fingerprint density at radius 1 is 1.17 bits per heavy atom. The second-order valence-corrected chi connectivity index (χ2v) is 5.08. The molecule has 0 fully saturated rings. The van der Waals surface area contributed by atoms with Gasteiger partial charge in [0.05, 0.1) is 0 Å². The zero-order chi connectivity index (χ0) is 17.7. The van der Waals surface area contributed by atoms with E-state index in [9.17, 15) is 19.5 Å². The van der Waals surface area contributed by atoms with Crippen molar-refractivity contribution in [1.29, 1.82) is 0 Å². The van der Waals surface area contributed by atoms with Crippen molar-refractivity contribution < 1.29 is 24.2 Å². The molecule has 7 heteroatoms. The Balaban J connectivity index is 2.11. The molecule has 0 aliphatic carbocycles. The fourth-order valence-corrected chi connectivity index (χ4v) is 2.12. The molecule has 0 saturated carbocycles. The number of hydrogen-bond acceptors (Lipinski definition) is 5. The maximum absolute atomic E-state index is 12.2. The van der Waals surface area contributed by atoms with Crippen molar-refractivity contribution in [1.82, 2.24) is 10.6 Å². The molecule has 0 aliphatic rings. The molecule has 126 valence electrons. The van der Waals surface area contributed by atoms with Crippen LogP contribution in [0.2, 0.25) is 0 Å². The molecule has 0 heterocycles. The number of aromatic hydroxyl groups is 1. The van der Waals surface area contributed by atoms with Gasteiger partial charge in [0.2, 0.25) is 0 Å². The predicted octanol–water partition coefficient (Wildman–Crippen LogP) is 1.94. The van der Waals surface area contributed by atoms with Gasteiger partial charge in [0.1, 0.15) is 11.3 Å². The SMILES string of the molecule is CCNC(=O)NC(=O)[C@H](C)OC(=O)c1ccc2ccccc2c1O. The Morgan fingerprint density at radius 3 is 2.58 bits per heavy atom.